The molecule has 0 aliphatic carbocycles. The second kappa shape index (κ2) is 5.26. The van der Waals surface area contributed by atoms with Gasteiger partial charge in [0, 0.05) is 10.0 Å². The fourth-order valence-electron chi connectivity index (χ4n) is 1.51. The van der Waals surface area contributed by atoms with E-state index in [0.717, 1.165) is 4.47 Å². The fourth-order valence-corrected chi connectivity index (χ4v) is 3.98. The van der Waals surface area contributed by atoms with Crippen LogP contribution in [-0.2, 0) is 19.6 Å². The Hall–Kier alpha value is -0.860. The van der Waals surface area contributed by atoms with Crippen LogP contribution >= 0.6 is 31.9 Å². The van der Waals surface area contributed by atoms with Crippen molar-refractivity contribution in [1.29, 1.82) is 0 Å². The van der Waals surface area contributed by atoms with E-state index in [-0.39, 0.29) is 12.4 Å². The van der Waals surface area contributed by atoms with E-state index in [2.05, 4.69) is 31.9 Å². The highest BCUT2D eigenvalue weighted by atomic mass is 79.9. The van der Waals surface area contributed by atoms with Gasteiger partial charge in [-0.3, -0.25) is 0 Å². The third kappa shape index (κ3) is 2.85. The molecule has 102 valence electrons. The summed E-state index contributed by atoms with van der Waals surface area (Å²) in [5.41, 5.74) is 0.471. The van der Waals surface area contributed by atoms with Crippen molar-refractivity contribution in [3.05, 3.63) is 31.5 Å². The van der Waals surface area contributed by atoms with Crippen LogP contribution in [0.3, 0.4) is 0 Å². The van der Waals surface area contributed by atoms with Gasteiger partial charge >= 0.3 is 16.1 Å². The average molecular weight is 412 g/mol. The van der Waals surface area contributed by atoms with Gasteiger partial charge in [-0.15, -0.1) is 0 Å². The summed E-state index contributed by atoms with van der Waals surface area (Å²) in [7, 11) is -4.15. The van der Waals surface area contributed by atoms with Gasteiger partial charge in [0.1, 0.15) is 0 Å². The smallest absolute Gasteiger partial charge is 0.353 e. The summed E-state index contributed by atoms with van der Waals surface area (Å²) < 4.78 is 34.6. The van der Waals surface area contributed by atoms with E-state index in [1.807, 2.05) is 0 Å². The van der Waals surface area contributed by atoms with Gasteiger partial charge in [0.05, 0.1) is 11.1 Å². The first-order valence-corrected chi connectivity index (χ1v) is 8.17. The predicted molar refractivity (Wildman–Crippen MR) is 76.0 cm³/mol. The van der Waals surface area contributed by atoms with Crippen LogP contribution < -0.4 is 4.18 Å². The van der Waals surface area contributed by atoms with Crippen molar-refractivity contribution in [2.24, 2.45) is 0 Å². The van der Waals surface area contributed by atoms with E-state index in [9.17, 15) is 13.2 Å². The minimum absolute atomic E-state index is 0.0841. The molecule has 2 rings (SSSR count). The van der Waals surface area contributed by atoms with Gasteiger partial charge < -0.3 is 8.92 Å². The van der Waals surface area contributed by atoms with Crippen LogP contribution in [0.15, 0.2) is 26.0 Å². The first-order valence-electron chi connectivity index (χ1n) is 5.17. The van der Waals surface area contributed by atoms with Crippen LogP contribution in [0.1, 0.15) is 12.5 Å². The number of carbonyl (C=O) groups excluding carboxylic acids is 1. The molecule has 0 unspecified atom stereocenters. The number of halogens is 2. The van der Waals surface area contributed by atoms with Gasteiger partial charge in [-0.1, -0.05) is 15.9 Å². The van der Waals surface area contributed by atoms with Gasteiger partial charge in [-0.2, -0.15) is 8.42 Å². The number of fused-ring (bicyclic) bond motifs is 1. The maximum atomic E-state index is 11.9. The molecular formula is C11H8Br2O5S. The third-order valence-electron chi connectivity index (χ3n) is 2.26. The molecule has 0 atom stereocenters. The second-order valence-electron chi connectivity index (χ2n) is 3.57. The zero-order valence-electron chi connectivity index (χ0n) is 9.64. The summed E-state index contributed by atoms with van der Waals surface area (Å²) in [6, 6.07) is 3.30. The number of ether oxygens (including phenoxy) is 1. The predicted octanol–water partition coefficient (Wildman–Crippen LogP) is 2.84. The molecule has 0 amide bonds. The van der Waals surface area contributed by atoms with Crippen LogP contribution in [0.5, 0.6) is 5.75 Å². The summed E-state index contributed by atoms with van der Waals surface area (Å²) in [6.07, 6.45) is 1.24. The second-order valence-corrected chi connectivity index (χ2v) is 6.86. The van der Waals surface area contributed by atoms with Crippen LogP contribution in [0.25, 0.3) is 6.08 Å². The molecule has 1 aliphatic heterocycles. The Balaban J connectivity index is 2.61. The van der Waals surface area contributed by atoms with E-state index in [4.69, 9.17) is 8.92 Å². The molecule has 5 nitrogen and oxygen atoms in total. The topological polar surface area (TPSA) is 69.7 Å². The maximum absolute atomic E-state index is 11.9. The number of hydrogen-bond acceptors (Lipinski definition) is 5. The molecule has 1 heterocycles. The quantitative estimate of drug-likeness (QED) is 0.552. The van der Waals surface area contributed by atoms with Crippen molar-refractivity contribution in [2.75, 3.05) is 6.61 Å². The lowest BCUT2D eigenvalue weighted by atomic mass is 10.2. The molecule has 0 saturated carbocycles. The van der Waals surface area contributed by atoms with Gasteiger partial charge in [-0.05, 0) is 41.1 Å². The molecule has 1 aliphatic rings. The number of rotatable bonds is 2. The summed E-state index contributed by atoms with van der Waals surface area (Å²) in [4.78, 5) is 11.1. The maximum Gasteiger partial charge on any atom is 0.353 e. The summed E-state index contributed by atoms with van der Waals surface area (Å²) in [6.45, 7) is 1.68. The number of hydrogen-bond donors (Lipinski definition) is 0. The molecule has 0 spiro atoms. The van der Waals surface area contributed by atoms with Crippen molar-refractivity contribution in [1.82, 2.24) is 0 Å². The highest BCUT2D eigenvalue weighted by Gasteiger charge is 2.34. The Morgan fingerprint density at radius 1 is 1.37 bits per heavy atom. The summed E-state index contributed by atoms with van der Waals surface area (Å²) in [5, 5.41) is 0. The molecule has 0 aromatic heterocycles. The van der Waals surface area contributed by atoms with Crippen molar-refractivity contribution in [3.8, 4) is 5.75 Å². The van der Waals surface area contributed by atoms with E-state index in [0.29, 0.717) is 10.0 Å². The van der Waals surface area contributed by atoms with E-state index >= 15 is 0 Å². The first-order chi connectivity index (χ1) is 8.85. The third-order valence-corrected chi connectivity index (χ3v) is 4.52. The van der Waals surface area contributed by atoms with Crippen LogP contribution in [-0.4, -0.2) is 21.0 Å². The van der Waals surface area contributed by atoms with E-state index in [1.165, 1.54) is 6.08 Å². The van der Waals surface area contributed by atoms with Crippen LogP contribution in [0, 0.1) is 0 Å². The standard InChI is InChI=1S/C11H8Br2O5S/c1-2-17-11(14)9-4-6-3-7(12)5-8(13)10(6)18-19(9,15)16/h3-5H,2H2,1H3. The van der Waals surface area contributed by atoms with Crippen molar-refractivity contribution in [2.45, 2.75) is 6.92 Å². The monoisotopic (exact) mass is 410 g/mol. The Morgan fingerprint density at radius 3 is 2.68 bits per heavy atom. The SMILES string of the molecule is CCOC(=O)C1=Cc2cc(Br)cc(Br)c2OS1(=O)=O. The summed E-state index contributed by atoms with van der Waals surface area (Å²) in [5.74, 6) is -0.777. The van der Waals surface area contributed by atoms with Crippen LogP contribution in [0.2, 0.25) is 0 Å². The molecule has 0 radical (unpaired) electrons. The normalized spacial score (nSPS) is 16.1. The zero-order valence-corrected chi connectivity index (χ0v) is 13.6. The van der Waals surface area contributed by atoms with Gasteiger partial charge in [0.2, 0.25) is 0 Å². The highest BCUT2D eigenvalue weighted by molar-refractivity contribution is 9.11. The minimum Gasteiger partial charge on any atom is -0.462 e. The van der Waals surface area contributed by atoms with E-state index in [1.54, 1.807) is 19.1 Å². The Labute approximate surface area is 127 Å². The molecule has 0 bridgehead atoms. The fraction of sp³-hybridized carbons (Fsp3) is 0.182. The molecule has 1 aromatic carbocycles. The Kier molecular flexibility index (Phi) is 4.03. The van der Waals surface area contributed by atoms with E-state index < -0.39 is 21.0 Å². The first kappa shape index (κ1) is 14.5. The van der Waals surface area contributed by atoms with Gasteiger partial charge in [0.15, 0.2) is 10.7 Å². The van der Waals surface area contributed by atoms with Crippen LogP contribution in [0.4, 0.5) is 0 Å². The molecule has 19 heavy (non-hydrogen) atoms. The molecule has 1 aromatic rings. The van der Waals surface area contributed by atoms with Gasteiger partial charge in [-0.25, -0.2) is 4.79 Å². The zero-order chi connectivity index (χ0) is 14.2. The lowest BCUT2D eigenvalue weighted by Crippen LogP contribution is -2.23. The largest absolute Gasteiger partial charge is 0.462 e. The number of esters is 1. The molecule has 0 saturated heterocycles. The molecular weight excluding hydrogens is 404 g/mol. The van der Waals surface area contributed by atoms with Crippen molar-refractivity contribution in [3.63, 3.8) is 0 Å². The molecule has 0 fully saturated rings. The highest BCUT2D eigenvalue weighted by Crippen LogP contribution is 2.39. The minimum atomic E-state index is -4.15. The van der Waals surface area contributed by atoms with Gasteiger partial charge in [0.25, 0.3) is 0 Å². The Morgan fingerprint density at radius 2 is 2.05 bits per heavy atom. The lowest BCUT2D eigenvalue weighted by Gasteiger charge is -2.18. The number of carbonyl (C=O) groups is 1. The lowest BCUT2D eigenvalue weighted by molar-refractivity contribution is -0.137. The number of benzene rings is 1. The summed E-state index contributed by atoms with van der Waals surface area (Å²) >= 11 is 6.48. The molecule has 0 N–H and O–H groups in total. The van der Waals surface area contributed by atoms with Crippen molar-refractivity contribution < 1.29 is 22.1 Å². The molecule has 8 heteroatoms. The average Bonchev–Trinajstić information content (AvgIpc) is 2.29. The van der Waals surface area contributed by atoms with Crippen molar-refractivity contribution >= 4 is 54.0 Å². The Bertz CT molecular complexity index is 679.